The molecule has 0 spiro atoms. The molecule has 2 fully saturated rings. The van der Waals surface area contributed by atoms with Gasteiger partial charge < -0.3 is 19.9 Å². The Morgan fingerprint density at radius 2 is 1.74 bits per heavy atom. The highest BCUT2D eigenvalue weighted by atomic mass is 16.5. The first-order valence-corrected chi connectivity index (χ1v) is 9.72. The van der Waals surface area contributed by atoms with Crippen molar-refractivity contribution in [2.45, 2.75) is 6.92 Å². The maximum Gasteiger partial charge on any atom is 0.255 e. The standard InChI is InChI=1S/C19H29N5O3/c1-2-22-5-7-24(8-6-22)19(26)17-13-16(14-20-15-17)18(25)21-3-4-23-9-11-27-12-10-23/h13-15H,2-12H2,1H3,(H,21,25). The fourth-order valence-electron chi connectivity index (χ4n) is 3.39. The predicted octanol–water partition coefficient (Wildman–Crippen LogP) is -0.0787. The highest BCUT2D eigenvalue weighted by Gasteiger charge is 2.22. The Morgan fingerprint density at radius 1 is 1.04 bits per heavy atom. The molecule has 1 N–H and O–H groups in total. The van der Waals surface area contributed by atoms with Crippen LogP contribution in [0.5, 0.6) is 0 Å². The Bertz CT molecular complexity index is 640. The lowest BCUT2D eigenvalue weighted by Gasteiger charge is -2.34. The van der Waals surface area contributed by atoms with Gasteiger partial charge in [-0.05, 0) is 12.6 Å². The Labute approximate surface area is 160 Å². The SMILES string of the molecule is CCN1CCN(C(=O)c2cncc(C(=O)NCCN3CCOCC3)c2)CC1. The highest BCUT2D eigenvalue weighted by Crippen LogP contribution is 2.10. The van der Waals surface area contributed by atoms with Crippen molar-refractivity contribution in [3.05, 3.63) is 29.6 Å². The second-order valence-corrected chi connectivity index (χ2v) is 6.90. The minimum Gasteiger partial charge on any atom is -0.379 e. The zero-order valence-electron chi connectivity index (χ0n) is 16.0. The van der Waals surface area contributed by atoms with E-state index < -0.39 is 0 Å². The highest BCUT2D eigenvalue weighted by molar-refractivity contribution is 5.99. The second-order valence-electron chi connectivity index (χ2n) is 6.90. The van der Waals surface area contributed by atoms with E-state index in [0.29, 0.717) is 30.8 Å². The molecule has 0 aromatic carbocycles. The third-order valence-electron chi connectivity index (χ3n) is 5.17. The molecular formula is C19H29N5O3. The topological polar surface area (TPSA) is 78.0 Å². The second kappa shape index (κ2) is 9.77. The summed E-state index contributed by atoms with van der Waals surface area (Å²) < 4.78 is 5.32. The lowest BCUT2D eigenvalue weighted by Crippen LogP contribution is -2.48. The van der Waals surface area contributed by atoms with Gasteiger partial charge >= 0.3 is 0 Å². The van der Waals surface area contributed by atoms with Crippen LogP contribution < -0.4 is 5.32 Å². The van der Waals surface area contributed by atoms with Crippen molar-refractivity contribution < 1.29 is 14.3 Å². The summed E-state index contributed by atoms with van der Waals surface area (Å²) in [5.41, 5.74) is 0.899. The number of aromatic nitrogens is 1. The summed E-state index contributed by atoms with van der Waals surface area (Å²) in [7, 11) is 0. The molecule has 148 valence electrons. The monoisotopic (exact) mass is 375 g/mol. The van der Waals surface area contributed by atoms with Gasteiger partial charge in [0.05, 0.1) is 24.3 Å². The van der Waals surface area contributed by atoms with E-state index in [0.717, 1.165) is 52.5 Å². The summed E-state index contributed by atoms with van der Waals surface area (Å²) in [5, 5.41) is 2.91. The molecule has 0 unspecified atom stereocenters. The number of rotatable bonds is 6. The molecule has 2 aliphatic heterocycles. The molecule has 0 aliphatic carbocycles. The van der Waals surface area contributed by atoms with Crippen molar-refractivity contribution in [3.63, 3.8) is 0 Å². The van der Waals surface area contributed by atoms with Crippen LogP contribution in [-0.2, 0) is 4.74 Å². The number of pyridine rings is 1. The number of morpholine rings is 1. The van der Waals surface area contributed by atoms with Gasteiger partial charge in [0, 0.05) is 64.8 Å². The van der Waals surface area contributed by atoms with Gasteiger partial charge in [-0.2, -0.15) is 0 Å². The third-order valence-corrected chi connectivity index (χ3v) is 5.17. The number of nitrogens with zero attached hydrogens (tertiary/aromatic N) is 4. The number of carbonyl (C=O) groups is 2. The maximum atomic E-state index is 12.7. The average molecular weight is 375 g/mol. The van der Waals surface area contributed by atoms with Crippen LogP contribution >= 0.6 is 0 Å². The van der Waals surface area contributed by atoms with Crippen LogP contribution in [0.25, 0.3) is 0 Å². The van der Waals surface area contributed by atoms with E-state index in [4.69, 9.17) is 4.74 Å². The fourth-order valence-corrected chi connectivity index (χ4v) is 3.39. The smallest absolute Gasteiger partial charge is 0.255 e. The van der Waals surface area contributed by atoms with Crippen LogP contribution in [0.4, 0.5) is 0 Å². The van der Waals surface area contributed by atoms with Crippen LogP contribution in [0.15, 0.2) is 18.5 Å². The number of carbonyl (C=O) groups excluding carboxylic acids is 2. The molecule has 0 atom stereocenters. The molecule has 0 radical (unpaired) electrons. The van der Waals surface area contributed by atoms with E-state index in [1.165, 1.54) is 6.20 Å². The molecule has 0 saturated carbocycles. The minimum atomic E-state index is -0.193. The number of ether oxygens (including phenoxy) is 1. The lowest BCUT2D eigenvalue weighted by atomic mass is 10.1. The average Bonchev–Trinajstić information content (AvgIpc) is 2.74. The molecule has 27 heavy (non-hydrogen) atoms. The molecule has 8 nitrogen and oxygen atoms in total. The number of hydrogen-bond donors (Lipinski definition) is 1. The van der Waals surface area contributed by atoms with E-state index in [-0.39, 0.29) is 11.8 Å². The van der Waals surface area contributed by atoms with E-state index in [9.17, 15) is 9.59 Å². The first kappa shape index (κ1) is 19.7. The van der Waals surface area contributed by atoms with E-state index in [2.05, 4.69) is 27.0 Å². The molecule has 3 heterocycles. The number of nitrogens with one attached hydrogen (secondary N) is 1. The fraction of sp³-hybridized carbons (Fsp3) is 0.632. The molecule has 1 aromatic heterocycles. The summed E-state index contributed by atoms with van der Waals surface area (Å²) in [5.74, 6) is -0.248. The van der Waals surface area contributed by atoms with Crippen LogP contribution in [0, 0.1) is 0 Å². The summed E-state index contributed by atoms with van der Waals surface area (Å²) in [6.45, 7) is 11.0. The molecule has 8 heteroatoms. The van der Waals surface area contributed by atoms with Gasteiger partial charge in [-0.1, -0.05) is 6.92 Å². The number of amides is 2. The van der Waals surface area contributed by atoms with Crippen molar-refractivity contribution in [2.75, 3.05) is 72.1 Å². The first-order valence-electron chi connectivity index (χ1n) is 9.72. The molecule has 2 aliphatic rings. The van der Waals surface area contributed by atoms with E-state index in [1.54, 1.807) is 12.3 Å². The Hall–Kier alpha value is -2.03. The molecular weight excluding hydrogens is 346 g/mol. The van der Waals surface area contributed by atoms with Crippen LogP contribution in [0.3, 0.4) is 0 Å². The zero-order chi connectivity index (χ0) is 19.1. The number of piperazine rings is 1. The Balaban J connectivity index is 1.51. The van der Waals surface area contributed by atoms with Crippen molar-refractivity contribution in [1.29, 1.82) is 0 Å². The maximum absolute atomic E-state index is 12.7. The summed E-state index contributed by atoms with van der Waals surface area (Å²) >= 11 is 0. The lowest BCUT2D eigenvalue weighted by molar-refractivity contribution is 0.0383. The first-order chi connectivity index (χ1) is 13.2. The van der Waals surface area contributed by atoms with Gasteiger partial charge in [-0.15, -0.1) is 0 Å². The quantitative estimate of drug-likeness (QED) is 0.750. The Kier molecular flexibility index (Phi) is 7.14. The summed E-state index contributed by atoms with van der Waals surface area (Å²) in [4.78, 5) is 35.6. The van der Waals surface area contributed by atoms with Crippen molar-refractivity contribution in [3.8, 4) is 0 Å². The number of likely N-dealkylation sites (N-methyl/N-ethyl adjacent to an activating group) is 1. The molecule has 3 rings (SSSR count). The number of hydrogen-bond acceptors (Lipinski definition) is 6. The van der Waals surface area contributed by atoms with Gasteiger partial charge in [0.2, 0.25) is 0 Å². The molecule has 2 amide bonds. The Morgan fingerprint density at radius 3 is 2.44 bits per heavy atom. The van der Waals surface area contributed by atoms with Gasteiger partial charge in [-0.3, -0.25) is 19.5 Å². The normalized spacial score (nSPS) is 19.1. The third kappa shape index (κ3) is 5.47. The van der Waals surface area contributed by atoms with Gasteiger partial charge in [0.1, 0.15) is 0 Å². The van der Waals surface area contributed by atoms with Crippen molar-refractivity contribution in [2.24, 2.45) is 0 Å². The molecule has 2 saturated heterocycles. The molecule has 1 aromatic rings. The minimum absolute atomic E-state index is 0.0544. The largest absolute Gasteiger partial charge is 0.379 e. The summed E-state index contributed by atoms with van der Waals surface area (Å²) in [6, 6.07) is 1.64. The van der Waals surface area contributed by atoms with Crippen molar-refractivity contribution in [1.82, 2.24) is 25.0 Å². The van der Waals surface area contributed by atoms with E-state index >= 15 is 0 Å². The zero-order valence-corrected chi connectivity index (χ0v) is 16.0. The van der Waals surface area contributed by atoms with Crippen molar-refractivity contribution >= 4 is 11.8 Å². The van der Waals surface area contributed by atoms with Crippen LogP contribution in [0.1, 0.15) is 27.6 Å². The molecule has 0 bridgehead atoms. The van der Waals surface area contributed by atoms with Gasteiger partial charge in [-0.25, -0.2) is 0 Å². The van der Waals surface area contributed by atoms with Crippen LogP contribution in [0.2, 0.25) is 0 Å². The van der Waals surface area contributed by atoms with Gasteiger partial charge in [0.15, 0.2) is 0 Å². The predicted molar refractivity (Wildman–Crippen MR) is 102 cm³/mol. The van der Waals surface area contributed by atoms with E-state index in [1.807, 2.05) is 4.90 Å². The van der Waals surface area contributed by atoms with Gasteiger partial charge in [0.25, 0.3) is 11.8 Å². The summed E-state index contributed by atoms with van der Waals surface area (Å²) in [6.07, 6.45) is 3.05. The van der Waals surface area contributed by atoms with Crippen LogP contribution in [-0.4, -0.2) is 104 Å².